The third-order valence-corrected chi connectivity index (χ3v) is 3.32. The van der Waals surface area contributed by atoms with Gasteiger partial charge in [-0.05, 0) is 45.1 Å². The van der Waals surface area contributed by atoms with Gasteiger partial charge in [-0.3, -0.25) is 4.68 Å². The van der Waals surface area contributed by atoms with Crippen molar-refractivity contribution in [3.05, 3.63) is 17.0 Å². The van der Waals surface area contributed by atoms with Crippen LogP contribution in [0.4, 0.5) is 0 Å². The van der Waals surface area contributed by atoms with E-state index in [2.05, 4.69) is 25.9 Å². The molecule has 0 fully saturated rings. The molecule has 0 radical (unpaired) electrons. The average Bonchev–Trinajstić information content (AvgIpc) is 2.45. The summed E-state index contributed by atoms with van der Waals surface area (Å²) in [6.07, 6.45) is 5.75. The molecule has 1 aromatic heterocycles. The molecule has 0 aliphatic heterocycles. The van der Waals surface area contributed by atoms with Gasteiger partial charge in [0.25, 0.3) is 0 Å². The molecule has 16 heavy (non-hydrogen) atoms. The summed E-state index contributed by atoms with van der Waals surface area (Å²) in [5.74, 6) is 0. The number of hydrogen-bond donors (Lipinski definition) is 1. The van der Waals surface area contributed by atoms with Crippen molar-refractivity contribution < 1.29 is 0 Å². The highest BCUT2D eigenvalue weighted by Gasteiger charge is 2.09. The van der Waals surface area contributed by atoms with Crippen molar-refractivity contribution in [1.29, 1.82) is 0 Å². The summed E-state index contributed by atoms with van der Waals surface area (Å²) in [6.45, 7) is 6.42. The number of rotatable bonds is 6. The monoisotopic (exact) mass is 223 g/mol. The van der Waals surface area contributed by atoms with Crippen molar-refractivity contribution in [2.75, 3.05) is 0 Å². The SMILES string of the molecule is CCCC(N)CCCc1c(C)nn(C)c1C. The molecular weight excluding hydrogens is 198 g/mol. The molecule has 0 aromatic carbocycles. The maximum Gasteiger partial charge on any atom is 0.0628 e. The molecule has 2 N–H and O–H groups in total. The summed E-state index contributed by atoms with van der Waals surface area (Å²) in [5.41, 5.74) is 9.88. The molecule has 0 aliphatic rings. The first-order valence-electron chi connectivity index (χ1n) is 6.30. The molecule has 0 aliphatic carbocycles. The first kappa shape index (κ1) is 13.2. The van der Waals surface area contributed by atoms with Crippen LogP contribution < -0.4 is 5.73 Å². The molecule has 0 saturated carbocycles. The Bertz CT molecular complexity index is 328. The fourth-order valence-electron chi connectivity index (χ4n) is 2.24. The van der Waals surface area contributed by atoms with Crippen molar-refractivity contribution in [2.45, 2.75) is 58.9 Å². The number of nitrogens with two attached hydrogens (primary N) is 1. The first-order valence-corrected chi connectivity index (χ1v) is 6.30. The topological polar surface area (TPSA) is 43.8 Å². The van der Waals surface area contributed by atoms with E-state index in [-0.39, 0.29) is 0 Å². The van der Waals surface area contributed by atoms with Gasteiger partial charge in [-0.25, -0.2) is 0 Å². The van der Waals surface area contributed by atoms with Gasteiger partial charge in [-0.1, -0.05) is 13.3 Å². The zero-order chi connectivity index (χ0) is 12.1. The zero-order valence-electron chi connectivity index (χ0n) is 11.1. The van der Waals surface area contributed by atoms with Crippen molar-refractivity contribution >= 4 is 0 Å². The minimum Gasteiger partial charge on any atom is -0.328 e. The third kappa shape index (κ3) is 3.34. The lowest BCUT2D eigenvalue weighted by atomic mass is 10.0. The second kappa shape index (κ2) is 6.04. The van der Waals surface area contributed by atoms with Crippen LogP contribution in [0.5, 0.6) is 0 Å². The molecule has 0 bridgehead atoms. The third-order valence-electron chi connectivity index (χ3n) is 3.32. The molecule has 1 atom stereocenters. The van der Waals surface area contributed by atoms with Crippen molar-refractivity contribution in [2.24, 2.45) is 12.8 Å². The van der Waals surface area contributed by atoms with E-state index < -0.39 is 0 Å². The molecule has 0 spiro atoms. The minimum atomic E-state index is 0.377. The Labute approximate surface area is 99.0 Å². The molecule has 1 rings (SSSR count). The van der Waals surface area contributed by atoms with Crippen molar-refractivity contribution in [3.8, 4) is 0 Å². The predicted octanol–water partition coefficient (Wildman–Crippen LogP) is 2.49. The second-order valence-corrected chi connectivity index (χ2v) is 4.71. The Balaban J connectivity index is 2.43. The molecule has 3 heteroatoms. The number of aryl methyl sites for hydroxylation is 2. The van der Waals surface area contributed by atoms with Crippen LogP contribution in [0, 0.1) is 13.8 Å². The molecule has 0 amide bonds. The Morgan fingerprint density at radius 1 is 1.31 bits per heavy atom. The Morgan fingerprint density at radius 2 is 2.00 bits per heavy atom. The summed E-state index contributed by atoms with van der Waals surface area (Å²) in [6, 6.07) is 0.377. The fourth-order valence-corrected chi connectivity index (χ4v) is 2.24. The molecule has 0 saturated heterocycles. The van der Waals surface area contributed by atoms with Crippen LogP contribution in [-0.4, -0.2) is 15.8 Å². The van der Waals surface area contributed by atoms with Gasteiger partial charge in [0.2, 0.25) is 0 Å². The van der Waals surface area contributed by atoms with Gasteiger partial charge < -0.3 is 5.73 Å². The lowest BCUT2D eigenvalue weighted by molar-refractivity contribution is 0.538. The molecule has 1 aromatic rings. The van der Waals surface area contributed by atoms with E-state index in [9.17, 15) is 0 Å². The van der Waals surface area contributed by atoms with Crippen LogP contribution in [0.15, 0.2) is 0 Å². The quantitative estimate of drug-likeness (QED) is 0.805. The molecule has 1 heterocycles. The molecule has 3 nitrogen and oxygen atoms in total. The lowest BCUT2D eigenvalue weighted by Crippen LogP contribution is -2.19. The van der Waals surface area contributed by atoms with Crippen molar-refractivity contribution in [3.63, 3.8) is 0 Å². The average molecular weight is 223 g/mol. The first-order chi connectivity index (χ1) is 7.56. The summed E-state index contributed by atoms with van der Waals surface area (Å²) >= 11 is 0. The summed E-state index contributed by atoms with van der Waals surface area (Å²) in [4.78, 5) is 0. The highest BCUT2D eigenvalue weighted by Crippen LogP contribution is 2.15. The number of aromatic nitrogens is 2. The fraction of sp³-hybridized carbons (Fsp3) is 0.769. The van der Waals surface area contributed by atoms with Crippen LogP contribution >= 0.6 is 0 Å². The van der Waals surface area contributed by atoms with E-state index in [4.69, 9.17) is 5.73 Å². The largest absolute Gasteiger partial charge is 0.328 e. The van der Waals surface area contributed by atoms with E-state index in [1.54, 1.807) is 0 Å². The van der Waals surface area contributed by atoms with E-state index in [1.807, 2.05) is 11.7 Å². The van der Waals surface area contributed by atoms with E-state index in [1.165, 1.54) is 29.8 Å². The summed E-state index contributed by atoms with van der Waals surface area (Å²) in [5, 5.41) is 4.43. The normalized spacial score (nSPS) is 13.1. The Morgan fingerprint density at radius 3 is 2.50 bits per heavy atom. The van der Waals surface area contributed by atoms with Crippen LogP contribution in [0.3, 0.4) is 0 Å². The number of hydrogen-bond acceptors (Lipinski definition) is 2. The van der Waals surface area contributed by atoms with Gasteiger partial charge in [-0.15, -0.1) is 0 Å². The second-order valence-electron chi connectivity index (χ2n) is 4.71. The highest BCUT2D eigenvalue weighted by atomic mass is 15.3. The van der Waals surface area contributed by atoms with Crippen LogP contribution in [0.25, 0.3) is 0 Å². The predicted molar refractivity (Wildman–Crippen MR) is 68.5 cm³/mol. The highest BCUT2D eigenvalue weighted by molar-refractivity contribution is 5.24. The molecule has 92 valence electrons. The van der Waals surface area contributed by atoms with Crippen LogP contribution in [-0.2, 0) is 13.5 Å². The molecular formula is C13H25N3. The van der Waals surface area contributed by atoms with Gasteiger partial charge in [-0.2, -0.15) is 5.10 Å². The van der Waals surface area contributed by atoms with Gasteiger partial charge >= 0.3 is 0 Å². The smallest absolute Gasteiger partial charge is 0.0628 e. The summed E-state index contributed by atoms with van der Waals surface area (Å²) < 4.78 is 1.97. The minimum absolute atomic E-state index is 0.377. The van der Waals surface area contributed by atoms with E-state index in [0.29, 0.717) is 6.04 Å². The Kier molecular flexibility index (Phi) is 5.00. The van der Waals surface area contributed by atoms with Crippen LogP contribution in [0.1, 0.15) is 49.6 Å². The maximum absolute atomic E-state index is 6.01. The van der Waals surface area contributed by atoms with Crippen molar-refractivity contribution in [1.82, 2.24) is 9.78 Å². The van der Waals surface area contributed by atoms with E-state index in [0.717, 1.165) is 19.3 Å². The van der Waals surface area contributed by atoms with Gasteiger partial charge in [0.15, 0.2) is 0 Å². The standard InChI is InChI=1S/C13H25N3/c1-5-7-12(14)8-6-9-13-10(2)15-16(4)11(13)3/h12H,5-9,14H2,1-4H3. The van der Waals surface area contributed by atoms with E-state index >= 15 is 0 Å². The van der Waals surface area contributed by atoms with Gasteiger partial charge in [0.05, 0.1) is 5.69 Å². The zero-order valence-corrected chi connectivity index (χ0v) is 11.1. The van der Waals surface area contributed by atoms with Gasteiger partial charge in [0, 0.05) is 18.8 Å². The summed E-state index contributed by atoms with van der Waals surface area (Å²) in [7, 11) is 2.01. The van der Waals surface area contributed by atoms with Gasteiger partial charge in [0.1, 0.15) is 0 Å². The maximum atomic E-state index is 6.01. The van der Waals surface area contributed by atoms with Crippen LogP contribution in [0.2, 0.25) is 0 Å². The Hall–Kier alpha value is -0.830. The number of nitrogens with zero attached hydrogens (tertiary/aromatic N) is 2. The lowest BCUT2D eigenvalue weighted by Gasteiger charge is -2.09. The molecule has 1 unspecified atom stereocenters.